The fourth-order valence-electron chi connectivity index (χ4n) is 2.26. The van der Waals surface area contributed by atoms with Crippen LogP contribution in [0.25, 0.3) is 5.69 Å². The minimum absolute atomic E-state index is 0.698. The van der Waals surface area contributed by atoms with Crippen molar-refractivity contribution in [3.05, 3.63) is 35.7 Å². The van der Waals surface area contributed by atoms with E-state index >= 15 is 0 Å². The lowest BCUT2D eigenvalue weighted by Crippen LogP contribution is -2.17. The van der Waals surface area contributed by atoms with Crippen LogP contribution in [0.2, 0.25) is 0 Å². The normalized spacial score (nSPS) is 14.7. The second kappa shape index (κ2) is 5.71. The van der Waals surface area contributed by atoms with Gasteiger partial charge in [0.25, 0.3) is 0 Å². The molecule has 0 unspecified atom stereocenters. The number of hydrogen-bond donors (Lipinski definition) is 1. The molecule has 3 rings (SSSR count). The summed E-state index contributed by atoms with van der Waals surface area (Å²) in [5, 5.41) is 8.16. The molecule has 0 amide bonds. The van der Waals surface area contributed by atoms with Gasteiger partial charge in [-0.05, 0) is 24.5 Å². The monoisotopic (exact) mass is 271 g/mol. The molecule has 0 spiro atoms. The van der Waals surface area contributed by atoms with Gasteiger partial charge in [-0.1, -0.05) is 13.8 Å². The largest absolute Gasteiger partial charge is 0.310 e. The topological polar surface area (TPSA) is 55.6 Å². The Morgan fingerprint density at radius 2 is 2.15 bits per heavy atom. The zero-order chi connectivity index (χ0) is 13.9. The number of nitrogens with zero attached hydrogens (tertiary/aromatic N) is 4. The molecule has 2 heterocycles. The van der Waals surface area contributed by atoms with Crippen molar-refractivity contribution in [3.63, 3.8) is 0 Å². The SMILES string of the molecule is CCc1nc(CC)n(-c2cnccc2CNC2CC2)n1. The molecule has 5 nitrogen and oxygen atoms in total. The Labute approximate surface area is 119 Å². The first-order valence-electron chi connectivity index (χ1n) is 7.43. The van der Waals surface area contributed by atoms with E-state index in [0.717, 1.165) is 36.7 Å². The molecule has 2 aromatic rings. The van der Waals surface area contributed by atoms with E-state index in [4.69, 9.17) is 0 Å². The van der Waals surface area contributed by atoms with Gasteiger partial charge in [-0.15, -0.1) is 0 Å². The number of rotatable bonds is 6. The molecule has 0 radical (unpaired) electrons. The van der Waals surface area contributed by atoms with Crippen LogP contribution in [0.5, 0.6) is 0 Å². The fourth-order valence-corrected chi connectivity index (χ4v) is 2.26. The zero-order valence-corrected chi connectivity index (χ0v) is 12.1. The molecule has 0 saturated heterocycles. The van der Waals surface area contributed by atoms with Gasteiger partial charge in [-0.25, -0.2) is 9.67 Å². The van der Waals surface area contributed by atoms with E-state index in [0.29, 0.717) is 6.04 Å². The first-order chi connectivity index (χ1) is 9.81. The highest BCUT2D eigenvalue weighted by Crippen LogP contribution is 2.21. The molecule has 0 aliphatic heterocycles. The number of hydrogen-bond acceptors (Lipinski definition) is 4. The molecule has 1 aliphatic carbocycles. The van der Waals surface area contributed by atoms with Gasteiger partial charge in [0.1, 0.15) is 5.82 Å². The van der Waals surface area contributed by atoms with Crippen molar-refractivity contribution in [2.45, 2.75) is 52.1 Å². The molecular weight excluding hydrogens is 250 g/mol. The van der Waals surface area contributed by atoms with Gasteiger partial charge in [-0.2, -0.15) is 5.10 Å². The lowest BCUT2D eigenvalue weighted by atomic mass is 10.2. The molecule has 0 atom stereocenters. The van der Waals surface area contributed by atoms with Crippen molar-refractivity contribution < 1.29 is 0 Å². The molecule has 20 heavy (non-hydrogen) atoms. The van der Waals surface area contributed by atoms with Crippen LogP contribution in [0.15, 0.2) is 18.5 Å². The molecule has 1 saturated carbocycles. The van der Waals surface area contributed by atoms with E-state index in [2.05, 4.69) is 40.3 Å². The standard InChI is InChI=1S/C15H21N5/c1-3-14-18-15(4-2)20(19-14)13-10-16-8-7-11(13)9-17-12-5-6-12/h7-8,10,12,17H,3-6,9H2,1-2H3. The van der Waals surface area contributed by atoms with Crippen LogP contribution in [-0.4, -0.2) is 25.8 Å². The van der Waals surface area contributed by atoms with Crippen molar-refractivity contribution in [1.82, 2.24) is 25.1 Å². The molecule has 106 valence electrons. The predicted octanol–water partition coefficient (Wildman–Crippen LogP) is 2.04. The van der Waals surface area contributed by atoms with Crippen molar-refractivity contribution in [1.29, 1.82) is 0 Å². The highest BCUT2D eigenvalue weighted by molar-refractivity contribution is 5.38. The summed E-state index contributed by atoms with van der Waals surface area (Å²) in [7, 11) is 0. The summed E-state index contributed by atoms with van der Waals surface area (Å²) < 4.78 is 1.95. The van der Waals surface area contributed by atoms with Crippen LogP contribution in [-0.2, 0) is 19.4 Å². The zero-order valence-electron chi connectivity index (χ0n) is 12.1. The van der Waals surface area contributed by atoms with Gasteiger partial charge in [0.2, 0.25) is 0 Å². The summed E-state index contributed by atoms with van der Waals surface area (Å²) >= 11 is 0. The highest BCUT2D eigenvalue weighted by Gasteiger charge is 2.21. The van der Waals surface area contributed by atoms with E-state index in [1.807, 2.05) is 17.1 Å². The average molecular weight is 271 g/mol. The minimum atomic E-state index is 0.698. The number of pyridine rings is 1. The van der Waals surface area contributed by atoms with Gasteiger partial charge in [-0.3, -0.25) is 4.98 Å². The van der Waals surface area contributed by atoms with E-state index in [-0.39, 0.29) is 0 Å². The molecule has 0 aromatic carbocycles. The second-order valence-corrected chi connectivity index (χ2v) is 5.22. The number of aryl methyl sites for hydroxylation is 2. The van der Waals surface area contributed by atoms with Crippen molar-refractivity contribution in [3.8, 4) is 5.69 Å². The Kier molecular flexibility index (Phi) is 3.78. The quantitative estimate of drug-likeness (QED) is 0.873. The van der Waals surface area contributed by atoms with Gasteiger partial charge in [0.15, 0.2) is 5.82 Å². The van der Waals surface area contributed by atoms with Crippen LogP contribution in [0.1, 0.15) is 43.9 Å². The van der Waals surface area contributed by atoms with Gasteiger partial charge in [0, 0.05) is 31.6 Å². The molecule has 2 aromatic heterocycles. The number of aromatic nitrogens is 4. The first kappa shape index (κ1) is 13.2. The predicted molar refractivity (Wildman–Crippen MR) is 77.8 cm³/mol. The third-order valence-corrected chi connectivity index (χ3v) is 3.62. The average Bonchev–Trinajstić information content (AvgIpc) is 3.23. The Morgan fingerprint density at radius 1 is 1.30 bits per heavy atom. The Bertz CT molecular complexity index is 586. The lowest BCUT2D eigenvalue weighted by molar-refractivity contribution is 0.675. The van der Waals surface area contributed by atoms with Crippen LogP contribution >= 0.6 is 0 Å². The van der Waals surface area contributed by atoms with E-state index < -0.39 is 0 Å². The number of nitrogens with one attached hydrogen (secondary N) is 1. The van der Waals surface area contributed by atoms with Crippen molar-refractivity contribution in [2.75, 3.05) is 0 Å². The smallest absolute Gasteiger partial charge is 0.151 e. The summed E-state index contributed by atoms with van der Waals surface area (Å²) in [6, 6.07) is 2.76. The molecular formula is C15H21N5. The van der Waals surface area contributed by atoms with Crippen LogP contribution in [0.4, 0.5) is 0 Å². The van der Waals surface area contributed by atoms with E-state index in [1.54, 1.807) is 0 Å². The van der Waals surface area contributed by atoms with Crippen LogP contribution in [0, 0.1) is 0 Å². The maximum atomic E-state index is 4.61. The highest BCUT2D eigenvalue weighted by atomic mass is 15.4. The summed E-state index contributed by atoms with van der Waals surface area (Å²) in [6.07, 6.45) is 8.05. The van der Waals surface area contributed by atoms with Crippen LogP contribution < -0.4 is 5.32 Å². The summed E-state index contributed by atoms with van der Waals surface area (Å²) in [4.78, 5) is 8.83. The maximum absolute atomic E-state index is 4.61. The summed E-state index contributed by atoms with van der Waals surface area (Å²) in [5.41, 5.74) is 2.28. The van der Waals surface area contributed by atoms with Crippen LogP contribution in [0.3, 0.4) is 0 Å². The third-order valence-electron chi connectivity index (χ3n) is 3.62. The van der Waals surface area contributed by atoms with Crippen molar-refractivity contribution >= 4 is 0 Å². The summed E-state index contributed by atoms with van der Waals surface area (Å²) in [6.45, 7) is 5.06. The molecule has 1 aliphatic rings. The van der Waals surface area contributed by atoms with Gasteiger partial charge < -0.3 is 5.32 Å². The maximum Gasteiger partial charge on any atom is 0.151 e. The molecule has 1 fully saturated rings. The van der Waals surface area contributed by atoms with E-state index in [9.17, 15) is 0 Å². The molecule has 5 heteroatoms. The Morgan fingerprint density at radius 3 is 2.85 bits per heavy atom. The molecule has 1 N–H and O–H groups in total. The lowest BCUT2D eigenvalue weighted by Gasteiger charge is -2.11. The minimum Gasteiger partial charge on any atom is -0.310 e. The Hall–Kier alpha value is -1.75. The summed E-state index contributed by atoms with van der Waals surface area (Å²) in [5.74, 6) is 1.90. The van der Waals surface area contributed by atoms with Gasteiger partial charge in [0.05, 0.1) is 11.9 Å². The first-order valence-corrected chi connectivity index (χ1v) is 7.43. The Balaban J connectivity index is 1.93. The second-order valence-electron chi connectivity index (χ2n) is 5.22. The van der Waals surface area contributed by atoms with Crippen molar-refractivity contribution in [2.24, 2.45) is 0 Å². The van der Waals surface area contributed by atoms with E-state index in [1.165, 1.54) is 18.4 Å². The fraction of sp³-hybridized carbons (Fsp3) is 0.533. The van der Waals surface area contributed by atoms with Gasteiger partial charge >= 0.3 is 0 Å². The molecule has 0 bridgehead atoms. The third kappa shape index (κ3) is 2.72.